The number of hydrogen-bond donors (Lipinski definition) is 3. The lowest BCUT2D eigenvalue weighted by atomic mass is 10.1. The van der Waals surface area contributed by atoms with Crippen LogP contribution in [-0.4, -0.2) is 90.2 Å². The number of rotatable bonds is 14. The smallest absolute Gasteiger partial charge is 0.410 e. The third kappa shape index (κ3) is 10.5. The number of nitrogens with zero attached hydrogens (tertiary/aromatic N) is 3. The minimum Gasteiger partial charge on any atom is -0.489 e. The fraction of sp³-hybridized carbons (Fsp3) is 0.367. The highest BCUT2D eigenvalue weighted by Gasteiger charge is 2.19. The number of nitrogens with one attached hydrogen (secondary N) is 1. The Hall–Kier alpha value is -4.75. The third-order valence-electron chi connectivity index (χ3n) is 5.71. The number of ether oxygens (including phenoxy) is 4. The van der Waals surface area contributed by atoms with E-state index in [4.69, 9.17) is 29.8 Å². The molecule has 230 valence electrons. The number of carboxylic acids is 1. The Morgan fingerprint density at radius 1 is 0.953 bits per heavy atom. The van der Waals surface area contributed by atoms with Crippen LogP contribution in [0, 0.1) is 0 Å². The second-order valence-corrected chi connectivity index (χ2v) is 10.3. The highest BCUT2D eigenvalue weighted by Crippen LogP contribution is 2.25. The van der Waals surface area contributed by atoms with Crippen molar-refractivity contribution in [2.24, 2.45) is 0 Å². The van der Waals surface area contributed by atoms with Crippen molar-refractivity contribution in [3.05, 3.63) is 66.0 Å². The summed E-state index contributed by atoms with van der Waals surface area (Å²) in [5.74, 6) is -1.27. The van der Waals surface area contributed by atoms with Gasteiger partial charge in [0.2, 0.25) is 0 Å². The van der Waals surface area contributed by atoms with Crippen LogP contribution in [0.4, 0.5) is 16.3 Å². The number of hydrogen-bond acceptors (Lipinski definition) is 10. The van der Waals surface area contributed by atoms with Gasteiger partial charge in [-0.05, 0) is 45.0 Å². The van der Waals surface area contributed by atoms with Crippen molar-refractivity contribution >= 4 is 29.5 Å². The van der Waals surface area contributed by atoms with Crippen LogP contribution in [0.5, 0.6) is 5.75 Å². The minimum atomic E-state index is -1.05. The molecule has 3 rings (SSSR count). The van der Waals surface area contributed by atoms with Gasteiger partial charge in [0.25, 0.3) is 5.91 Å². The maximum atomic E-state index is 13.1. The molecule has 0 spiro atoms. The zero-order valence-corrected chi connectivity index (χ0v) is 24.7. The standard InChI is InChI=1S/C30H37N5O8/c1-30(2,3)43-29(39)35(4)13-14-40-15-16-41-17-18-42-24-8-6-5-7-22(24)34-27(36)25-26(31)32-19-23(33-25)20-9-11-21(12-10-20)28(37)38/h5-12,19H,13-18H2,1-4H3,(H2,31,32)(H,34,36)(H,37,38). The molecule has 0 bridgehead atoms. The maximum absolute atomic E-state index is 13.1. The summed E-state index contributed by atoms with van der Waals surface area (Å²) in [6, 6.07) is 12.9. The van der Waals surface area contributed by atoms with Crippen LogP contribution in [0.3, 0.4) is 0 Å². The van der Waals surface area contributed by atoms with Gasteiger partial charge in [-0.25, -0.2) is 19.6 Å². The number of para-hydroxylation sites is 2. The molecule has 1 aromatic heterocycles. The largest absolute Gasteiger partial charge is 0.489 e. The Kier molecular flexibility index (Phi) is 11.8. The number of carboxylic acid groups (broad SMARTS) is 1. The molecule has 4 N–H and O–H groups in total. The molecular formula is C30H37N5O8. The Balaban J connectivity index is 1.44. The fourth-order valence-corrected chi connectivity index (χ4v) is 3.53. The summed E-state index contributed by atoms with van der Waals surface area (Å²) in [6.45, 7) is 7.36. The molecule has 3 aromatic rings. The van der Waals surface area contributed by atoms with E-state index in [2.05, 4.69) is 15.3 Å². The van der Waals surface area contributed by atoms with Crippen molar-refractivity contribution in [1.82, 2.24) is 14.9 Å². The molecule has 0 atom stereocenters. The summed E-state index contributed by atoms with van der Waals surface area (Å²) in [5, 5.41) is 11.9. The number of carbonyl (C=O) groups excluding carboxylic acids is 2. The third-order valence-corrected chi connectivity index (χ3v) is 5.71. The number of aromatic carboxylic acids is 1. The summed E-state index contributed by atoms with van der Waals surface area (Å²) >= 11 is 0. The topological polar surface area (TPSA) is 175 Å². The van der Waals surface area contributed by atoms with Crippen LogP contribution >= 0.6 is 0 Å². The van der Waals surface area contributed by atoms with Crippen LogP contribution in [0.2, 0.25) is 0 Å². The van der Waals surface area contributed by atoms with Crippen molar-refractivity contribution in [1.29, 1.82) is 0 Å². The van der Waals surface area contributed by atoms with Crippen LogP contribution in [0.1, 0.15) is 41.6 Å². The molecule has 0 fully saturated rings. The first-order valence-electron chi connectivity index (χ1n) is 13.5. The maximum Gasteiger partial charge on any atom is 0.410 e. The Morgan fingerprint density at radius 2 is 1.60 bits per heavy atom. The number of aromatic nitrogens is 2. The lowest BCUT2D eigenvalue weighted by molar-refractivity contribution is 0.0134. The lowest BCUT2D eigenvalue weighted by Crippen LogP contribution is -2.36. The van der Waals surface area contributed by atoms with Gasteiger partial charge in [0, 0.05) is 19.2 Å². The van der Waals surface area contributed by atoms with Crippen LogP contribution in [0.25, 0.3) is 11.3 Å². The molecular weight excluding hydrogens is 558 g/mol. The Labute approximate surface area is 249 Å². The quantitative estimate of drug-likeness (QED) is 0.230. The molecule has 0 radical (unpaired) electrons. The van der Waals surface area contributed by atoms with E-state index in [0.29, 0.717) is 49.1 Å². The number of anilines is 2. The van der Waals surface area contributed by atoms with Gasteiger partial charge in [-0.2, -0.15) is 0 Å². The summed E-state index contributed by atoms with van der Waals surface area (Å²) in [5.41, 5.74) is 6.76. The van der Waals surface area contributed by atoms with Crippen LogP contribution in [0.15, 0.2) is 54.7 Å². The van der Waals surface area contributed by atoms with Crippen molar-refractivity contribution in [3.8, 4) is 17.0 Å². The molecule has 1 heterocycles. The molecule has 0 unspecified atom stereocenters. The van der Waals surface area contributed by atoms with Gasteiger partial charge in [-0.15, -0.1) is 0 Å². The molecule has 0 aliphatic heterocycles. The van der Waals surface area contributed by atoms with E-state index in [1.54, 1.807) is 43.4 Å². The average molecular weight is 596 g/mol. The van der Waals surface area contributed by atoms with Crippen molar-refractivity contribution in [2.75, 3.05) is 57.7 Å². The van der Waals surface area contributed by atoms with Gasteiger partial charge in [-0.1, -0.05) is 24.3 Å². The molecule has 0 saturated heterocycles. The molecule has 13 nitrogen and oxygen atoms in total. The molecule has 13 heteroatoms. The highest BCUT2D eigenvalue weighted by atomic mass is 16.6. The predicted octanol–water partition coefficient (Wildman–Crippen LogP) is 3.96. The number of amides is 2. The van der Waals surface area contributed by atoms with E-state index in [1.807, 2.05) is 20.8 Å². The zero-order valence-electron chi connectivity index (χ0n) is 24.7. The number of likely N-dealkylation sites (N-methyl/N-ethyl adjacent to an activating group) is 1. The summed E-state index contributed by atoms with van der Waals surface area (Å²) in [6.07, 6.45) is 1.00. The van der Waals surface area contributed by atoms with Crippen LogP contribution in [-0.2, 0) is 14.2 Å². The number of nitrogen functional groups attached to an aromatic ring is 1. The molecule has 0 aliphatic carbocycles. The normalized spacial score (nSPS) is 11.1. The van der Waals surface area contributed by atoms with Gasteiger partial charge in [0.15, 0.2) is 11.5 Å². The van der Waals surface area contributed by atoms with E-state index in [1.165, 1.54) is 23.2 Å². The van der Waals surface area contributed by atoms with Crippen LogP contribution < -0.4 is 15.8 Å². The first kappa shape index (κ1) is 32.8. The van der Waals surface area contributed by atoms with Crippen molar-refractivity contribution in [3.63, 3.8) is 0 Å². The Morgan fingerprint density at radius 3 is 2.28 bits per heavy atom. The van der Waals surface area contributed by atoms with Gasteiger partial charge in [0.1, 0.15) is 18.0 Å². The predicted molar refractivity (Wildman–Crippen MR) is 159 cm³/mol. The van der Waals surface area contributed by atoms with Crippen molar-refractivity contribution in [2.45, 2.75) is 26.4 Å². The molecule has 43 heavy (non-hydrogen) atoms. The minimum absolute atomic E-state index is 0.0612. The molecule has 2 amide bonds. The highest BCUT2D eigenvalue weighted by molar-refractivity contribution is 6.06. The monoisotopic (exact) mass is 595 g/mol. The zero-order chi connectivity index (χ0) is 31.4. The van der Waals surface area contributed by atoms with Gasteiger partial charge in [-0.3, -0.25) is 4.79 Å². The number of nitrogens with two attached hydrogens (primary N) is 1. The van der Waals surface area contributed by atoms with Gasteiger partial charge < -0.3 is 40.0 Å². The van der Waals surface area contributed by atoms with Gasteiger partial charge in [0.05, 0.1) is 49.6 Å². The van der Waals surface area contributed by atoms with E-state index in [0.717, 1.165) is 0 Å². The summed E-state index contributed by atoms with van der Waals surface area (Å²) < 4.78 is 22.1. The van der Waals surface area contributed by atoms with E-state index < -0.39 is 23.6 Å². The number of carbonyl (C=O) groups is 3. The molecule has 2 aromatic carbocycles. The first-order valence-corrected chi connectivity index (χ1v) is 13.5. The Bertz CT molecular complexity index is 1390. The van der Waals surface area contributed by atoms with E-state index in [9.17, 15) is 14.4 Å². The second kappa shape index (κ2) is 15.5. The van der Waals surface area contributed by atoms with E-state index in [-0.39, 0.29) is 30.3 Å². The number of benzene rings is 2. The second-order valence-electron chi connectivity index (χ2n) is 10.3. The van der Waals surface area contributed by atoms with Gasteiger partial charge >= 0.3 is 12.1 Å². The fourth-order valence-electron chi connectivity index (χ4n) is 3.53. The van der Waals surface area contributed by atoms with Crippen molar-refractivity contribution < 1.29 is 38.4 Å². The molecule has 0 saturated carbocycles. The summed E-state index contributed by atoms with van der Waals surface area (Å²) in [4.78, 5) is 46.0. The van der Waals surface area contributed by atoms with E-state index >= 15 is 0 Å². The lowest BCUT2D eigenvalue weighted by Gasteiger charge is -2.24. The molecule has 0 aliphatic rings. The first-order chi connectivity index (χ1) is 20.4. The SMILES string of the molecule is CN(CCOCCOCCOc1ccccc1NC(=O)c1nc(-c2ccc(C(=O)O)cc2)cnc1N)C(=O)OC(C)(C)C. The average Bonchev–Trinajstić information content (AvgIpc) is 2.96. The summed E-state index contributed by atoms with van der Waals surface area (Å²) in [7, 11) is 1.65.